The van der Waals surface area contributed by atoms with Crippen molar-refractivity contribution < 1.29 is 19.4 Å². The lowest BCUT2D eigenvalue weighted by molar-refractivity contribution is -0.141. The van der Waals surface area contributed by atoms with Gasteiger partial charge in [-0.2, -0.15) is 0 Å². The van der Waals surface area contributed by atoms with Gasteiger partial charge >= 0.3 is 5.97 Å². The predicted octanol–water partition coefficient (Wildman–Crippen LogP) is 3.34. The standard InChI is InChI=1S/C18H20N2O4S/c1-9(2)16-17(21)20(10(3)18(22)23)14-7-12(5-6-15(14)24-16)13-8-25-11(4)19-13/h5-10,16H,1-4H3,(H,22,23). The zero-order valence-electron chi connectivity index (χ0n) is 14.5. The lowest BCUT2D eigenvalue weighted by atomic mass is 10.0. The van der Waals surface area contributed by atoms with Crippen LogP contribution in [0.2, 0.25) is 0 Å². The Morgan fingerprint density at radius 3 is 2.64 bits per heavy atom. The van der Waals surface area contributed by atoms with Gasteiger partial charge in [-0.15, -0.1) is 11.3 Å². The average molecular weight is 360 g/mol. The van der Waals surface area contributed by atoms with Crippen LogP contribution in [0.1, 0.15) is 25.8 Å². The van der Waals surface area contributed by atoms with Crippen molar-refractivity contribution >= 4 is 28.9 Å². The van der Waals surface area contributed by atoms with Crippen LogP contribution in [0.3, 0.4) is 0 Å². The summed E-state index contributed by atoms with van der Waals surface area (Å²) in [6, 6.07) is 4.45. The molecule has 0 spiro atoms. The molecule has 7 heteroatoms. The van der Waals surface area contributed by atoms with Crippen molar-refractivity contribution in [3.63, 3.8) is 0 Å². The molecule has 25 heavy (non-hydrogen) atoms. The Morgan fingerprint density at radius 2 is 2.08 bits per heavy atom. The molecule has 0 bridgehead atoms. The Labute approximate surface area is 150 Å². The van der Waals surface area contributed by atoms with E-state index in [2.05, 4.69) is 4.98 Å². The number of rotatable bonds is 4. The van der Waals surface area contributed by atoms with Gasteiger partial charge in [-0.05, 0) is 38.0 Å². The van der Waals surface area contributed by atoms with Gasteiger partial charge in [0.25, 0.3) is 5.91 Å². The number of carbonyl (C=O) groups excluding carboxylic acids is 1. The van der Waals surface area contributed by atoms with Crippen molar-refractivity contribution in [3.8, 4) is 17.0 Å². The van der Waals surface area contributed by atoms with Gasteiger partial charge in [-0.25, -0.2) is 9.78 Å². The number of amides is 1. The first-order valence-electron chi connectivity index (χ1n) is 8.08. The maximum absolute atomic E-state index is 12.9. The summed E-state index contributed by atoms with van der Waals surface area (Å²) in [5, 5.41) is 12.3. The number of hydrogen-bond acceptors (Lipinski definition) is 5. The van der Waals surface area contributed by atoms with Crippen molar-refractivity contribution in [1.29, 1.82) is 0 Å². The summed E-state index contributed by atoms with van der Waals surface area (Å²) >= 11 is 1.54. The number of carbonyl (C=O) groups is 2. The van der Waals surface area contributed by atoms with Gasteiger partial charge in [-0.1, -0.05) is 13.8 Å². The molecule has 132 valence electrons. The third-order valence-electron chi connectivity index (χ3n) is 4.22. The molecule has 1 aromatic heterocycles. The van der Waals surface area contributed by atoms with Crippen LogP contribution >= 0.6 is 11.3 Å². The number of thiazole rings is 1. The largest absolute Gasteiger partial charge is 0.480 e. The van der Waals surface area contributed by atoms with E-state index < -0.39 is 18.1 Å². The van der Waals surface area contributed by atoms with E-state index in [1.54, 1.807) is 12.1 Å². The third-order valence-corrected chi connectivity index (χ3v) is 4.99. The monoisotopic (exact) mass is 360 g/mol. The molecule has 0 saturated heterocycles. The molecular weight excluding hydrogens is 340 g/mol. The minimum atomic E-state index is -1.06. The first-order valence-corrected chi connectivity index (χ1v) is 8.96. The van der Waals surface area contributed by atoms with Gasteiger partial charge in [0.05, 0.1) is 16.4 Å². The van der Waals surface area contributed by atoms with Crippen LogP contribution in [-0.2, 0) is 9.59 Å². The lowest BCUT2D eigenvalue weighted by Gasteiger charge is -2.38. The molecule has 0 aliphatic carbocycles. The number of fused-ring (bicyclic) bond motifs is 1. The van der Waals surface area contributed by atoms with Crippen LogP contribution in [-0.4, -0.2) is 34.1 Å². The van der Waals surface area contributed by atoms with E-state index in [0.29, 0.717) is 11.4 Å². The fourth-order valence-corrected chi connectivity index (χ4v) is 3.46. The molecule has 0 fully saturated rings. The Hall–Kier alpha value is -2.41. The fraction of sp³-hybridized carbons (Fsp3) is 0.389. The smallest absolute Gasteiger partial charge is 0.326 e. The predicted molar refractivity (Wildman–Crippen MR) is 96.1 cm³/mol. The Morgan fingerprint density at radius 1 is 1.36 bits per heavy atom. The number of aliphatic carboxylic acids is 1. The number of carboxylic acid groups (broad SMARTS) is 1. The van der Waals surface area contributed by atoms with Crippen molar-refractivity contribution in [2.45, 2.75) is 39.8 Å². The molecule has 2 unspecified atom stereocenters. The maximum atomic E-state index is 12.9. The number of benzene rings is 1. The molecule has 1 aromatic carbocycles. The van der Waals surface area contributed by atoms with E-state index in [-0.39, 0.29) is 11.8 Å². The molecule has 2 atom stereocenters. The summed E-state index contributed by atoms with van der Waals surface area (Å²) in [6.07, 6.45) is -0.693. The van der Waals surface area contributed by atoms with E-state index in [1.807, 2.05) is 32.2 Å². The summed E-state index contributed by atoms with van der Waals surface area (Å²) in [5.41, 5.74) is 2.09. The van der Waals surface area contributed by atoms with Gasteiger partial charge in [-0.3, -0.25) is 9.69 Å². The van der Waals surface area contributed by atoms with E-state index >= 15 is 0 Å². The molecular formula is C18H20N2O4S. The van der Waals surface area contributed by atoms with Crippen LogP contribution in [0.4, 0.5) is 5.69 Å². The van der Waals surface area contributed by atoms with Crippen LogP contribution in [0.15, 0.2) is 23.6 Å². The van der Waals surface area contributed by atoms with Crippen LogP contribution in [0, 0.1) is 12.8 Å². The number of ether oxygens (including phenoxy) is 1. The van der Waals surface area contributed by atoms with Gasteiger partial charge in [0.15, 0.2) is 6.10 Å². The summed E-state index contributed by atoms with van der Waals surface area (Å²) < 4.78 is 5.86. The summed E-state index contributed by atoms with van der Waals surface area (Å²) in [7, 11) is 0. The highest BCUT2D eigenvalue weighted by molar-refractivity contribution is 7.09. The molecule has 0 radical (unpaired) electrons. The van der Waals surface area contributed by atoms with Gasteiger partial charge < -0.3 is 9.84 Å². The van der Waals surface area contributed by atoms with E-state index in [4.69, 9.17) is 4.74 Å². The molecule has 1 aliphatic heterocycles. The van der Waals surface area contributed by atoms with Gasteiger partial charge in [0.1, 0.15) is 11.8 Å². The Balaban J connectivity index is 2.11. The Kier molecular flexibility index (Phi) is 4.51. The third kappa shape index (κ3) is 3.11. The first kappa shape index (κ1) is 17.4. The van der Waals surface area contributed by atoms with Gasteiger partial charge in [0, 0.05) is 10.9 Å². The second-order valence-electron chi connectivity index (χ2n) is 6.44. The quantitative estimate of drug-likeness (QED) is 0.904. The Bertz CT molecular complexity index is 830. The molecule has 1 N–H and O–H groups in total. The van der Waals surface area contributed by atoms with Crippen LogP contribution < -0.4 is 9.64 Å². The molecule has 1 aliphatic rings. The van der Waals surface area contributed by atoms with Crippen molar-refractivity contribution in [2.75, 3.05) is 4.90 Å². The molecule has 6 nitrogen and oxygen atoms in total. The van der Waals surface area contributed by atoms with Gasteiger partial charge in [0.2, 0.25) is 0 Å². The van der Waals surface area contributed by atoms with Crippen molar-refractivity contribution in [1.82, 2.24) is 4.98 Å². The maximum Gasteiger partial charge on any atom is 0.326 e. The van der Waals surface area contributed by atoms with Crippen molar-refractivity contribution in [2.24, 2.45) is 5.92 Å². The molecule has 2 aromatic rings. The number of hydrogen-bond donors (Lipinski definition) is 1. The second-order valence-corrected chi connectivity index (χ2v) is 7.50. The highest BCUT2D eigenvalue weighted by atomic mass is 32.1. The first-order chi connectivity index (χ1) is 11.8. The van der Waals surface area contributed by atoms with Crippen molar-refractivity contribution in [3.05, 3.63) is 28.6 Å². The van der Waals surface area contributed by atoms with Crippen LogP contribution in [0.5, 0.6) is 5.75 Å². The number of nitrogens with zero attached hydrogens (tertiary/aromatic N) is 2. The minimum absolute atomic E-state index is 0.0648. The number of aromatic nitrogens is 1. The van der Waals surface area contributed by atoms with E-state index in [1.165, 1.54) is 23.2 Å². The fourth-order valence-electron chi connectivity index (χ4n) is 2.83. The zero-order chi connectivity index (χ0) is 18.3. The van der Waals surface area contributed by atoms with E-state index in [9.17, 15) is 14.7 Å². The summed E-state index contributed by atoms with van der Waals surface area (Å²) in [5.74, 6) is -0.935. The lowest BCUT2D eigenvalue weighted by Crippen LogP contribution is -2.54. The minimum Gasteiger partial charge on any atom is -0.480 e. The topological polar surface area (TPSA) is 79.7 Å². The SMILES string of the molecule is Cc1nc(-c2ccc3c(c2)N(C(C)C(=O)O)C(=O)C(C(C)C)O3)cs1. The highest BCUT2D eigenvalue weighted by Crippen LogP contribution is 2.40. The van der Waals surface area contributed by atoms with E-state index in [0.717, 1.165) is 16.3 Å². The molecule has 2 heterocycles. The second kappa shape index (κ2) is 6.48. The molecule has 3 rings (SSSR count). The molecule has 1 amide bonds. The average Bonchev–Trinajstić information content (AvgIpc) is 2.99. The highest BCUT2D eigenvalue weighted by Gasteiger charge is 2.40. The summed E-state index contributed by atoms with van der Waals surface area (Å²) in [6.45, 7) is 7.19. The van der Waals surface area contributed by atoms with Crippen LogP contribution in [0.25, 0.3) is 11.3 Å². The number of carboxylic acids is 1. The summed E-state index contributed by atoms with van der Waals surface area (Å²) in [4.78, 5) is 30.2. The zero-order valence-corrected chi connectivity index (χ0v) is 15.3. The molecule has 0 saturated carbocycles. The number of aryl methyl sites for hydroxylation is 1. The number of anilines is 1. The normalized spacial score (nSPS) is 18.0.